The maximum absolute atomic E-state index is 11.7. The Morgan fingerprint density at radius 3 is 2.60 bits per heavy atom. The molecule has 1 heterocycles. The van der Waals surface area contributed by atoms with Crippen molar-refractivity contribution < 1.29 is 18.0 Å². The first-order valence-electron chi connectivity index (χ1n) is 3.90. The lowest BCUT2D eigenvalue weighted by atomic mass is 10.4. The van der Waals surface area contributed by atoms with Crippen molar-refractivity contribution in [1.82, 2.24) is 20.5 Å². The predicted octanol–water partition coefficient (Wildman–Crippen LogP) is 0.472. The van der Waals surface area contributed by atoms with E-state index in [4.69, 9.17) is 0 Å². The molecule has 1 amide bonds. The van der Waals surface area contributed by atoms with Crippen LogP contribution >= 0.6 is 0 Å². The standard InChI is InChI=1S/C7H7F3N4O/c1-4-11-2-5(14-13-4)6(15)12-3-7(8,9)10/h2H,3H2,1H3,(H,12,15). The normalized spacial score (nSPS) is 11.2. The van der Waals surface area contributed by atoms with E-state index in [1.807, 2.05) is 0 Å². The Hall–Kier alpha value is -1.73. The molecule has 0 aliphatic heterocycles. The minimum atomic E-state index is -4.44. The summed E-state index contributed by atoms with van der Waals surface area (Å²) in [5, 5.41) is 8.48. The molecule has 15 heavy (non-hydrogen) atoms. The average Bonchev–Trinajstić information content (AvgIpc) is 2.14. The Morgan fingerprint density at radius 1 is 1.47 bits per heavy atom. The van der Waals surface area contributed by atoms with E-state index in [1.54, 1.807) is 12.2 Å². The number of aromatic nitrogens is 3. The van der Waals surface area contributed by atoms with E-state index in [9.17, 15) is 18.0 Å². The minimum Gasteiger partial charge on any atom is -0.341 e. The number of amides is 1. The van der Waals surface area contributed by atoms with Crippen LogP contribution in [0.3, 0.4) is 0 Å². The topological polar surface area (TPSA) is 67.8 Å². The van der Waals surface area contributed by atoms with Gasteiger partial charge in [-0.05, 0) is 6.92 Å². The van der Waals surface area contributed by atoms with Crippen LogP contribution in [0.15, 0.2) is 6.20 Å². The van der Waals surface area contributed by atoms with Gasteiger partial charge in [0.1, 0.15) is 12.4 Å². The second-order valence-corrected chi connectivity index (χ2v) is 2.69. The number of hydrogen-bond acceptors (Lipinski definition) is 4. The molecule has 1 aromatic rings. The van der Waals surface area contributed by atoms with Crippen molar-refractivity contribution in [3.63, 3.8) is 0 Å². The van der Waals surface area contributed by atoms with Gasteiger partial charge in [-0.1, -0.05) is 0 Å². The number of rotatable bonds is 2. The Kier molecular flexibility index (Phi) is 3.17. The fourth-order valence-corrected chi connectivity index (χ4v) is 0.708. The lowest BCUT2D eigenvalue weighted by molar-refractivity contribution is -0.123. The zero-order chi connectivity index (χ0) is 11.5. The monoisotopic (exact) mass is 220 g/mol. The number of aryl methyl sites for hydroxylation is 1. The van der Waals surface area contributed by atoms with Crippen LogP contribution < -0.4 is 5.32 Å². The van der Waals surface area contributed by atoms with Gasteiger partial charge >= 0.3 is 6.18 Å². The number of carbonyl (C=O) groups excluding carboxylic acids is 1. The number of nitrogens with one attached hydrogen (secondary N) is 1. The van der Waals surface area contributed by atoms with Crippen molar-refractivity contribution >= 4 is 5.91 Å². The molecule has 0 aliphatic rings. The molecule has 1 aromatic heterocycles. The van der Waals surface area contributed by atoms with E-state index in [0.717, 1.165) is 6.20 Å². The number of alkyl halides is 3. The van der Waals surface area contributed by atoms with Crippen LogP contribution in [0, 0.1) is 6.92 Å². The maximum Gasteiger partial charge on any atom is 0.405 e. The Morgan fingerprint density at radius 2 is 2.13 bits per heavy atom. The molecule has 0 spiro atoms. The van der Waals surface area contributed by atoms with Gasteiger partial charge < -0.3 is 5.32 Å². The molecule has 0 unspecified atom stereocenters. The molecule has 1 rings (SSSR count). The molecule has 8 heteroatoms. The van der Waals surface area contributed by atoms with E-state index >= 15 is 0 Å². The van der Waals surface area contributed by atoms with Crippen LogP contribution in [0.2, 0.25) is 0 Å². The van der Waals surface area contributed by atoms with Gasteiger partial charge in [-0.3, -0.25) is 4.79 Å². The van der Waals surface area contributed by atoms with Gasteiger partial charge in [0.15, 0.2) is 5.69 Å². The third-order valence-electron chi connectivity index (χ3n) is 1.36. The van der Waals surface area contributed by atoms with Crippen LogP contribution in [-0.4, -0.2) is 33.8 Å². The minimum absolute atomic E-state index is 0.246. The summed E-state index contributed by atoms with van der Waals surface area (Å²) in [4.78, 5) is 14.7. The van der Waals surface area contributed by atoms with E-state index in [-0.39, 0.29) is 5.69 Å². The molecule has 0 saturated heterocycles. The summed E-state index contributed by atoms with van der Waals surface area (Å²) >= 11 is 0. The zero-order valence-corrected chi connectivity index (χ0v) is 7.67. The highest BCUT2D eigenvalue weighted by Crippen LogP contribution is 2.12. The summed E-state index contributed by atoms with van der Waals surface area (Å²) in [5.74, 6) is -0.616. The Labute approximate surface area is 82.7 Å². The van der Waals surface area contributed by atoms with Crippen LogP contribution in [-0.2, 0) is 0 Å². The molecule has 0 radical (unpaired) electrons. The van der Waals surface area contributed by atoms with E-state index < -0.39 is 18.6 Å². The van der Waals surface area contributed by atoms with Crippen molar-refractivity contribution in [3.8, 4) is 0 Å². The van der Waals surface area contributed by atoms with Crippen LogP contribution in [0.25, 0.3) is 0 Å². The van der Waals surface area contributed by atoms with Gasteiger partial charge in [0.05, 0.1) is 6.20 Å². The van der Waals surface area contributed by atoms with Crippen molar-refractivity contribution in [1.29, 1.82) is 0 Å². The van der Waals surface area contributed by atoms with E-state index in [0.29, 0.717) is 5.82 Å². The molecule has 0 saturated carbocycles. The summed E-state index contributed by atoms with van der Waals surface area (Å²) in [6.07, 6.45) is -3.38. The fraction of sp³-hybridized carbons (Fsp3) is 0.429. The quantitative estimate of drug-likeness (QED) is 0.786. The molecule has 1 N–H and O–H groups in total. The van der Waals surface area contributed by atoms with Crippen LogP contribution in [0.4, 0.5) is 13.2 Å². The van der Waals surface area contributed by atoms with Gasteiger partial charge in [0.2, 0.25) is 0 Å². The summed E-state index contributed by atoms with van der Waals surface area (Å²) in [6.45, 7) is 0.145. The fourth-order valence-electron chi connectivity index (χ4n) is 0.708. The van der Waals surface area contributed by atoms with E-state index in [2.05, 4.69) is 15.2 Å². The van der Waals surface area contributed by atoms with Gasteiger partial charge in [-0.15, -0.1) is 10.2 Å². The summed E-state index contributed by atoms with van der Waals surface area (Å²) in [7, 11) is 0. The molecule has 5 nitrogen and oxygen atoms in total. The summed E-state index contributed by atoms with van der Waals surface area (Å²) in [5.41, 5.74) is -0.246. The van der Waals surface area contributed by atoms with Crippen molar-refractivity contribution in [3.05, 3.63) is 17.7 Å². The van der Waals surface area contributed by atoms with Crippen molar-refractivity contribution in [2.24, 2.45) is 0 Å². The van der Waals surface area contributed by atoms with Gasteiger partial charge in [-0.2, -0.15) is 13.2 Å². The van der Waals surface area contributed by atoms with Gasteiger partial charge in [0, 0.05) is 0 Å². The highest BCUT2D eigenvalue weighted by Gasteiger charge is 2.28. The third kappa shape index (κ3) is 3.88. The summed E-state index contributed by atoms with van der Waals surface area (Å²) in [6, 6.07) is 0. The summed E-state index contributed by atoms with van der Waals surface area (Å²) < 4.78 is 35.2. The number of nitrogens with zero attached hydrogens (tertiary/aromatic N) is 3. The Bertz CT molecular complexity index is 348. The first-order valence-corrected chi connectivity index (χ1v) is 3.90. The second-order valence-electron chi connectivity index (χ2n) is 2.69. The average molecular weight is 220 g/mol. The smallest absolute Gasteiger partial charge is 0.341 e. The molecular formula is C7H7F3N4O. The van der Waals surface area contributed by atoms with Crippen LogP contribution in [0.1, 0.15) is 16.3 Å². The lowest BCUT2D eigenvalue weighted by Crippen LogP contribution is -2.34. The van der Waals surface area contributed by atoms with Crippen molar-refractivity contribution in [2.45, 2.75) is 13.1 Å². The number of halogens is 3. The molecular weight excluding hydrogens is 213 g/mol. The molecule has 0 bridgehead atoms. The van der Waals surface area contributed by atoms with Gasteiger partial charge in [0.25, 0.3) is 5.91 Å². The first-order chi connectivity index (χ1) is 6.88. The first kappa shape index (κ1) is 11.3. The highest BCUT2D eigenvalue weighted by molar-refractivity contribution is 5.91. The van der Waals surface area contributed by atoms with E-state index in [1.165, 1.54) is 0 Å². The highest BCUT2D eigenvalue weighted by atomic mass is 19.4. The lowest BCUT2D eigenvalue weighted by Gasteiger charge is -2.06. The Balaban J connectivity index is 2.58. The third-order valence-corrected chi connectivity index (χ3v) is 1.36. The molecule has 0 atom stereocenters. The number of carbonyl (C=O) groups is 1. The van der Waals surface area contributed by atoms with Gasteiger partial charge in [-0.25, -0.2) is 4.98 Å². The second kappa shape index (κ2) is 4.20. The molecule has 0 aliphatic carbocycles. The maximum atomic E-state index is 11.7. The molecule has 82 valence electrons. The number of hydrogen-bond donors (Lipinski definition) is 1. The largest absolute Gasteiger partial charge is 0.405 e. The zero-order valence-electron chi connectivity index (χ0n) is 7.67. The van der Waals surface area contributed by atoms with Crippen LogP contribution in [0.5, 0.6) is 0 Å². The molecule has 0 fully saturated rings. The molecule has 0 aromatic carbocycles. The SMILES string of the molecule is Cc1ncc(C(=O)NCC(F)(F)F)nn1. The van der Waals surface area contributed by atoms with Crippen molar-refractivity contribution in [2.75, 3.05) is 6.54 Å². The predicted molar refractivity (Wildman–Crippen MR) is 43.0 cm³/mol.